The summed E-state index contributed by atoms with van der Waals surface area (Å²) in [7, 11) is 0. The third-order valence-corrected chi connectivity index (χ3v) is 3.92. The molecule has 2 aromatic rings. The molecule has 26 heavy (non-hydrogen) atoms. The Morgan fingerprint density at radius 2 is 1.77 bits per heavy atom. The molecule has 2 atom stereocenters. The SMILES string of the molecule is CCCC(C(=O)NCC(Oc1ccc(F)cc1)C(=O)O)c1ccccc1. The summed E-state index contributed by atoms with van der Waals surface area (Å²) in [5.41, 5.74) is 0.887. The molecule has 0 radical (unpaired) electrons. The highest BCUT2D eigenvalue weighted by atomic mass is 19.1. The third-order valence-electron chi connectivity index (χ3n) is 3.92. The maximum Gasteiger partial charge on any atom is 0.346 e. The summed E-state index contributed by atoms with van der Waals surface area (Å²) >= 11 is 0. The van der Waals surface area contributed by atoms with Gasteiger partial charge in [-0.25, -0.2) is 9.18 Å². The van der Waals surface area contributed by atoms with Gasteiger partial charge in [0.1, 0.15) is 11.6 Å². The van der Waals surface area contributed by atoms with E-state index in [1.807, 2.05) is 37.3 Å². The second-order valence-electron chi connectivity index (χ2n) is 5.90. The molecular weight excluding hydrogens is 337 g/mol. The average molecular weight is 359 g/mol. The van der Waals surface area contributed by atoms with E-state index < -0.39 is 17.9 Å². The van der Waals surface area contributed by atoms with Gasteiger partial charge in [-0.05, 0) is 36.2 Å². The van der Waals surface area contributed by atoms with E-state index in [9.17, 15) is 19.1 Å². The molecule has 6 heteroatoms. The number of hydrogen-bond acceptors (Lipinski definition) is 3. The number of hydrogen-bond donors (Lipinski definition) is 2. The van der Waals surface area contributed by atoms with Crippen LogP contribution in [0.1, 0.15) is 31.2 Å². The molecule has 0 aliphatic carbocycles. The van der Waals surface area contributed by atoms with E-state index in [-0.39, 0.29) is 24.1 Å². The van der Waals surface area contributed by atoms with Crippen LogP contribution in [0.5, 0.6) is 5.75 Å². The molecule has 0 aromatic heterocycles. The van der Waals surface area contributed by atoms with Crippen molar-refractivity contribution in [3.63, 3.8) is 0 Å². The summed E-state index contributed by atoms with van der Waals surface area (Å²) in [4.78, 5) is 23.9. The second kappa shape index (κ2) is 9.56. The number of rotatable bonds is 9. The van der Waals surface area contributed by atoms with Crippen molar-refractivity contribution in [2.45, 2.75) is 31.8 Å². The molecule has 0 spiro atoms. The lowest BCUT2D eigenvalue weighted by molar-refractivity contribution is -0.145. The maximum absolute atomic E-state index is 12.9. The van der Waals surface area contributed by atoms with Gasteiger partial charge in [-0.1, -0.05) is 43.7 Å². The Morgan fingerprint density at radius 3 is 2.35 bits per heavy atom. The third kappa shape index (κ3) is 5.58. The normalized spacial score (nSPS) is 12.8. The summed E-state index contributed by atoms with van der Waals surface area (Å²) < 4.78 is 18.3. The van der Waals surface area contributed by atoms with Gasteiger partial charge in [0.2, 0.25) is 12.0 Å². The lowest BCUT2D eigenvalue weighted by Crippen LogP contribution is -2.42. The number of carboxylic acid groups (broad SMARTS) is 1. The van der Waals surface area contributed by atoms with Crippen LogP contribution in [-0.4, -0.2) is 29.6 Å². The highest BCUT2D eigenvalue weighted by Gasteiger charge is 2.24. The maximum atomic E-state index is 12.9. The average Bonchev–Trinajstić information content (AvgIpc) is 2.65. The zero-order valence-electron chi connectivity index (χ0n) is 14.5. The first-order valence-electron chi connectivity index (χ1n) is 8.49. The minimum absolute atomic E-state index is 0.182. The van der Waals surface area contributed by atoms with Crippen LogP contribution in [0, 0.1) is 5.82 Å². The monoisotopic (exact) mass is 359 g/mol. The van der Waals surface area contributed by atoms with Crippen LogP contribution in [0.4, 0.5) is 4.39 Å². The molecule has 0 aliphatic heterocycles. The van der Waals surface area contributed by atoms with E-state index in [0.29, 0.717) is 6.42 Å². The predicted molar refractivity (Wildman–Crippen MR) is 95.6 cm³/mol. The minimum atomic E-state index is -1.26. The Balaban J connectivity index is 2.01. The van der Waals surface area contributed by atoms with Crippen molar-refractivity contribution in [1.29, 1.82) is 0 Å². The van der Waals surface area contributed by atoms with Crippen LogP contribution in [0.25, 0.3) is 0 Å². The molecule has 0 saturated heterocycles. The van der Waals surface area contributed by atoms with Gasteiger partial charge < -0.3 is 15.2 Å². The Hall–Kier alpha value is -2.89. The molecule has 138 valence electrons. The number of ether oxygens (including phenoxy) is 1. The molecule has 0 saturated carbocycles. The van der Waals surface area contributed by atoms with Crippen LogP contribution in [0.2, 0.25) is 0 Å². The van der Waals surface area contributed by atoms with Gasteiger partial charge in [0, 0.05) is 0 Å². The Bertz CT molecular complexity index is 718. The van der Waals surface area contributed by atoms with Crippen LogP contribution < -0.4 is 10.1 Å². The van der Waals surface area contributed by atoms with Crippen molar-refractivity contribution in [1.82, 2.24) is 5.32 Å². The molecule has 0 heterocycles. The standard InChI is InChI=1S/C20H22FNO4/c1-2-6-17(14-7-4-3-5-8-14)19(23)22-13-18(20(24)25)26-16-11-9-15(21)10-12-16/h3-5,7-12,17-18H,2,6,13H2,1H3,(H,22,23)(H,24,25). The molecular formula is C20H22FNO4. The van der Waals surface area contributed by atoms with Crippen LogP contribution in [-0.2, 0) is 9.59 Å². The fraction of sp³-hybridized carbons (Fsp3) is 0.300. The van der Waals surface area contributed by atoms with Crippen molar-refractivity contribution < 1.29 is 23.8 Å². The van der Waals surface area contributed by atoms with Crippen LogP contribution in [0.3, 0.4) is 0 Å². The molecule has 5 nitrogen and oxygen atoms in total. The number of halogens is 1. The highest BCUT2D eigenvalue weighted by Crippen LogP contribution is 2.21. The van der Waals surface area contributed by atoms with Gasteiger partial charge >= 0.3 is 5.97 Å². The Kier molecular flexibility index (Phi) is 7.14. The summed E-state index contributed by atoms with van der Waals surface area (Å²) in [6.45, 7) is 1.81. The molecule has 2 rings (SSSR count). The lowest BCUT2D eigenvalue weighted by atomic mass is 9.93. The summed E-state index contributed by atoms with van der Waals surface area (Å²) in [5, 5.41) is 12.0. The van der Waals surface area contributed by atoms with Gasteiger partial charge in [0.05, 0.1) is 12.5 Å². The van der Waals surface area contributed by atoms with E-state index in [1.165, 1.54) is 24.3 Å². The molecule has 1 amide bonds. The first kappa shape index (κ1) is 19.4. The molecule has 2 N–H and O–H groups in total. The molecule has 0 bridgehead atoms. The molecule has 2 aromatic carbocycles. The first-order chi connectivity index (χ1) is 12.5. The minimum Gasteiger partial charge on any atom is -0.478 e. The quantitative estimate of drug-likeness (QED) is 0.720. The van der Waals surface area contributed by atoms with E-state index in [4.69, 9.17) is 4.74 Å². The van der Waals surface area contributed by atoms with Gasteiger partial charge in [0.25, 0.3) is 0 Å². The Labute approximate surface area is 151 Å². The van der Waals surface area contributed by atoms with Crippen molar-refractivity contribution in [2.75, 3.05) is 6.54 Å². The zero-order valence-corrected chi connectivity index (χ0v) is 14.5. The lowest BCUT2D eigenvalue weighted by Gasteiger charge is -2.19. The summed E-state index contributed by atoms with van der Waals surface area (Å²) in [6.07, 6.45) is 0.218. The van der Waals surface area contributed by atoms with Crippen LogP contribution in [0.15, 0.2) is 54.6 Å². The second-order valence-corrected chi connectivity index (χ2v) is 5.90. The van der Waals surface area contributed by atoms with Crippen molar-refractivity contribution in [3.05, 3.63) is 66.0 Å². The number of carboxylic acids is 1. The van der Waals surface area contributed by atoms with Gasteiger partial charge in [-0.15, -0.1) is 0 Å². The topological polar surface area (TPSA) is 75.6 Å². The van der Waals surface area contributed by atoms with Crippen molar-refractivity contribution >= 4 is 11.9 Å². The largest absolute Gasteiger partial charge is 0.478 e. The number of carbonyl (C=O) groups excluding carboxylic acids is 1. The predicted octanol–water partition coefficient (Wildman–Crippen LogP) is 3.36. The Morgan fingerprint density at radius 1 is 1.12 bits per heavy atom. The number of benzene rings is 2. The molecule has 0 aliphatic rings. The number of carbonyl (C=O) groups is 2. The van der Waals surface area contributed by atoms with Crippen molar-refractivity contribution in [2.24, 2.45) is 0 Å². The smallest absolute Gasteiger partial charge is 0.346 e. The summed E-state index contributed by atoms with van der Waals surface area (Å²) in [5.74, 6) is -2.01. The molecule has 2 unspecified atom stereocenters. The van der Waals surface area contributed by atoms with E-state index in [2.05, 4.69) is 5.32 Å². The number of amides is 1. The number of aliphatic carboxylic acids is 1. The van der Waals surface area contributed by atoms with Gasteiger partial charge in [-0.3, -0.25) is 4.79 Å². The van der Waals surface area contributed by atoms with Crippen molar-refractivity contribution in [3.8, 4) is 5.75 Å². The molecule has 0 fully saturated rings. The van der Waals surface area contributed by atoms with E-state index in [0.717, 1.165) is 12.0 Å². The highest BCUT2D eigenvalue weighted by molar-refractivity contribution is 5.84. The zero-order chi connectivity index (χ0) is 18.9. The fourth-order valence-corrected chi connectivity index (χ4v) is 2.60. The van der Waals surface area contributed by atoms with E-state index >= 15 is 0 Å². The van der Waals surface area contributed by atoms with Crippen LogP contribution >= 0.6 is 0 Å². The fourth-order valence-electron chi connectivity index (χ4n) is 2.60. The van der Waals surface area contributed by atoms with Gasteiger partial charge in [0.15, 0.2) is 0 Å². The first-order valence-corrected chi connectivity index (χ1v) is 8.49. The van der Waals surface area contributed by atoms with E-state index in [1.54, 1.807) is 0 Å². The number of nitrogens with one attached hydrogen (secondary N) is 1. The van der Waals surface area contributed by atoms with Gasteiger partial charge in [-0.2, -0.15) is 0 Å². The summed E-state index contributed by atoms with van der Waals surface area (Å²) in [6, 6.07) is 14.4.